The fraction of sp³-hybridized carbons (Fsp3) is 0.647. The normalized spacial score (nSPS) is 19.1. The summed E-state index contributed by atoms with van der Waals surface area (Å²) in [6, 6.07) is 4.95. The summed E-state index contributed by atoms with van der Waals surface area (Å²) in [5.74, 6) is -0.213. The Balaban J connectivity index is 2.28. The molecule has 1 saturated carbocycles. The highest BCUT2D eigenvalue weighted by Gasteiger charge is 2.42. The zero-order chi connectivity index (χ0) is 15.5. The van der Waals surface area contributed by atoms with Crippen molar-refractivity contribution in [3.8, 4) is 0 Å². The monoisotopic (exact) mass is 312 g/mol. The molecule has 0 heterocycles. The number of likely N-dealkylation sites (N-methyl/N-ethyl adjacent to an activating group) is 2. The van der Waals surface area contributed by atoms with Crippen LogP contribution in [0.15, 0.2) is 18.2 Å². The summed E-state index contributed by atoms with van der Waals surface area (Å²) < 4.78 is 13.5. The maximum atomic E-state index is 13.5. The Hall–Kier alpha value is -0.640. The number of nitrogens with zero attached hydrogens (tertiary/aromatic N) is 1. The molecule has 1 aromatic carbocycles. The third kappa shape index (κ3) is 3.58. The van der Waals surface area contributed by atoms with Gasteiger partial charge in [-0.1, -0.05) is 31.4 Å². The molecule has 2 nitrogen and oxygen atoms in total. The smallest absolute Gasteiger partial charge is 0.123 e. The van der Waals surface area contributed by atoms with Crippen LogP contribution in [0.4, 0.5) is 4.39 Å². The van der Waals surface area contributed by atoms with Gasteiger partial charge in [0.25, 0.3) is 0 Å². The Kier molecular flexibility index (Phi) is 5.64. The van der Waals surface area contributed by atoms with Gasteiger partial charge in [-0.15, -0.1) is 0 Å². The average molecular weight is 313 g/mol. The summed E-state index contributed by atoms with van der Waals surface area (Å²) in [6.45, 7) is 3.03. The molecule has 118 valence electrons. The summed E-state index contributed by atoms with van der Waals surface area (Å²) in [5, 5.41) is 4.28. The Bertz CT molecular complexity index is 470. The number of benzene rings is 1. The van der Waals surface area contributed by atoms with Crippen LogP contribution in [-0.4, -0.2) is 37.1 Å². The van der Waals surface area contributed by atoms with Crippen LogP contribution in [0.2, 0.25) is 5.02 Å². The molecule has 1 N–H and O–H groups in total. The minimum atomic E-state index is -0.213. The molecular weight excluding hydrogens is 287 g/mol. The van der Waals surface area contributed by atoms with Crippen LogP contribution in [0.25, 0.3) is 0 Å². The molecule has 0 amide bonds. The van der Waals surface area contributed by atoms with Gasteiger partial charge in [-0.3, -0.25) is 0 Å². The first-order chi connectivity index (χ1) is 9.99. The van der Waals surface area contributed by atoms with E-state index in [1.165, 1.54) is 31.7 Å². The van der Waals surface area contributed by atoms with Crippen molar-refractivity contribution in [3.05, 3.63) is 34.6 Å². The number of hydrogen-bond acceptors (Lipinski definition) is 2. The number of hydrogen-bond donors (Lipinski definition) is 1. The highest BCUT2D eigenvalue weighted by atomic mass is 35.5. The molecular formula is C17H26ClFN2. The second-order valence-electron chi connectivity index (χ2n) is 6.26. The van der Waals surface area contributed by atoms with Crippen LogP contribution in [0.3, 0.4) is 0 Å². The highest BCUT2D eigenvalue weighted by Crippen LogP contribution is 2.38. The van der Waals surface area contributed by atoms with E-state index in [1.807, 2.05) is 0 Å². The zero-order valence-electron chi connectivity index (χ0n) is 13.3. The van der Waals surface area contributed by atoms with E-state index in [0.717, 1.165) is 18.5 Å². The average Bonchev–Trinajstić information content (AvgIpc) is 2.93. The third-order valence-corrected chi connectivity index (χ3v) is 5.26. The van der Waals surface area contributed by atoms with E-state index in [1.54, 1.807) is 12.1 Å². The van der Waals surface area contributed by atoms with Gasteiger partial charge in [0.2, 0.25) is 0 Å². The standard InChI is InChI=1S/C17H26ClFN2/c1-4-20-16(17(21(2)3)9-5-6-10-17)12-13-11-14(19)7-8-15(13)18/h7-8,11,16,20H,4-6,9-10,12H2,1-3H3. The molecule has 0 spiro atoms. The summed E-state index contributed by atoms with van der Waals surface area (Å²) in [6.07, 6.45) is 5.66. The van der Waals surface area contributed by atoms with Gasteiger partial charge in [0.15, 0.2) is 0 Å². The first-order valence-corrected chi connectivity index (χ1v) is 8.22. The molecule has 0 saturated heterocycles. The topological polar surface area (TPSA) is 15.3 Å². The van der Waals surface area contributed by atoms with Crippen molar-refractivity contribution >= 4 is 11.6 Å². The van der Waals surface area contributed by atoms with Gasteiger partial charge in [0.05, 0.1) is 0 Å². The lowest BCUT2D eigenvalue weighted by Crippen LogP contribution is -2.58. The van der Waals surface area contributed by atoms with E-state index in [2.05, 4.69) is 31.2 Å². The van der Waals surface area contributed by atoms with Crippen LogP contribution in [-0.2, 0) is 6.42 Å². The van der Waals surface area contributed by atoms with Crippen LogP contribution in [0, 0.1) is 5.82 Å². The van der Waals surface area contributed by atoms with E-state index in [0.29, 0.717) is 11.1 Å². The largest absolute Gasteiger partial charge is 0.312 e. The molecule has 1 aromatic rings. The Morgan fingerprint density at radius 1 is 1.33 bits per heavy atom. The molecule has 1 atom stereocenters. The quantitative estimate of drug-likeness (QED) is 0.857. The van der Waals surface area contributed by atoms with Crippen molar-refractivity contribution in [2.24, 2.45) is 0 Å². The van der Waals surface area contributed by atoms with E-state index >= 15 is 0 Å². The number of halogens is 2. The Morgan fingerprint density at radius 2 is 2.00 bits per heavy atom. The lowest BCUT2D eigenvalue weighted by Gasteiger charge is -2.44. The highest BCUT2D eigenvalue weighted by molar-refractivity contribution is 6.31. The van der Waals surface area contributed by atoms with E-state index in [4.69, 9.17) is 11.6 Å². The summed E-state index contributed by atoms with van der Waals surface area (Å²) in [7, 11) is 4.31. The van der Waals surface area contributed by atoms with Gasteiger partial charge in [-0.05, 0) is 63.7 Å². The molecule has 4 heteroatoms. The lowest BCUT2D eigenvalue weighted by atomic mass is 9.83. The van der Waals surface area contributed by atoms with Crippen molar-refractivity contribution in [1.82, 2.24) is 10.2 Å². The zero-order valence-corrected chi connectivity index (χ0v) is 14.0. The molecule has 1 unspecified atom stereocenters. The second kappa shape index (κ2) is 7.08. The van der Waals surface area contributed by atoms with Gasteiger partial charge < -0.3 is 10.2 Å². The molecule has 1 fully saturated rings. The molecule has 2 rings (SSSR count). The van der Waals surface area contributed by atoms with Crippen molar-refractivity contribution in [3.63, 3.8) is 0 Å². The third-order valence-electron chi connectivity index (χ3n) is 4.89. The first-order valence-electron chi connectivity index (χ1n) is 7.84. The van der Waals surface area contributed by atoms with E-state index < -0.39 is 0 Å². The predicted molar refractivity (Wildman–Crippen MR) is 87.5 cm³/mol. The SMILES string of the molecule is CCNC(Cc1cc(F)ccc1Cl)C1(N(C)C)CCCC1. The lowest BCUT2D eigenvalue weighted by molar-refractivity contribution is 0.105. The Labute approximate surface area is 132 Å². The van der Waals surface area contributed by atoms with E-state index in [9.17, 15) is 4.39 Å². The molecule has 0 aliphatic heterocycles. The minimum absolute atomic E-state index is 0.145. The van der Waals surface area contributed by atoms with Crippen LogP contribution in [0.1, 0.15) is 38.2 Å². The molecule has 21 heavy (non-hydrogen) atoms. The minimum Gasteiger partial charge on any atom is -0.312 e. The Morgan fingerprint density at radius 3 is 2.57 bits per heavy atom. The van der Waals surface area contributed by atoms with Crippen molar-refractivity contribution < 1.29 is 4.39 Å². The molecule has 0 radical (unpaired) electrons. The van der Waals surface area contributed by atoms with Gasteiger partial charge in [0.1, 0.15) is 5.82 Å². The maximum absolute atomic E-state index is 13.5. The molecule has 1 aliphatic rings. The van der Waals surface area contributed by atoms with Crippen molar-refractivity contribution in [2.75, 3.05) is 20.6 Å². The predicted octanol–water partition coefficient (Wildman–Crippen LogP) is 3.87. The number of rotatable bonds is 6. The van der Waals surface area contributed by atoms with Gasteiger partial charge >= 0.3 is 0 Å². The summed E-state index contributed by atoms with van der Waals surface area (Å²) in [4.78, 5) is 2.35. The van der Waals surface area contributed by atoms with Crippen LogP contribution >= 0.6 is 11.6 Å². The summed E-state index contributed by atoms with van der Waals surface area (Å²) >= 11 is 6.26. The second-order valence-corrected chi connectivity index (χ2v) is 6.66. The van der Waals surface area contributed by atoms with Gasteiger partial charge in [0, 0.05) is 16.6 Å². The van der Waals surface area contributed by atoms with Crippen molar-refractivity contribution in [1.29, 1.82) is 0 Å². The van der Waals surface area contributed by atoms with Gasteiger partial charge in [-0.2, -0.15) is 0 Å². The van der Waals surface area contributed by atoms with Crippen molar-refractivity contribution in [2.45, 2.75) is 50.6 Å². The molecule has 0 aromatic heterocycles. The molecule has 1 aliphatic carbocycles. The van der Waals surface area contributed by atoms with Crippen LogP contribution in [0.5, 0.6) is 0 Å². The maximum Gasteiger partial charge on any atom is 0.123 e. The van der Waals surface area contributed by atoms with Crippen LogP contribution < -0.4 is 5.32 Å². The fourth-order valence-corrected chi connectivity index (χ4v) is 3.91. The summed E-state index contributed by atoms with van der Waals surface area (Å²) in [5.41, 5.74) is 1.04. The number of nitrogens with one attached hydrogen (secondary N) is 1. The van der Waals surface area contributed by atoms with Gasteiger partial charge in [-0.25, -0.2) is 4.39 Å². The fourth-order valence-electron chi connectivity index (χ4n) is 3.71. The first kappa shape index (κ1) is 16.7. The van der Waals surface area contributed by atoms with E-state index in [-0.39, 0.29) is 11.4 Å². The molecule has 0 bridgehead atoms.